The van der Waals surface area contributed by atoms with E-state index in [2.05, 4.69) is 41.2 Å². The number of thiophene rings is 1. The molecule has 0 saturated carbocycles. The molecule has 2 nitrogen and oxygen atoms in total. The Hall–Kier alpha value is -1.32. The van der Waals surface area contributed by atoms with Crippen LogP contribution in [0.25, 0.3) is 0 Å². The van der Waals surface area contributed by atoms with Gasteiger partial charge in [-0.2, -0.15) is 11.3 Å². The summed E-state index contributed by atoms with van der Waals surface area (Å²) in [6.45, 7) is 5.81. The van der Waals surface area contributed by atoms with E-state index in [1.54, 1.807) is 11.3 Å². The van der Waals surface area contributed by atoms with Crippen LogP contribution in [0.3, 0.4) is 0 Å². The highest BCUT2D eigenvalue weighted by molar-refractivity contribution is 7.07. The first-order chi connectivity index (χ1) is 8.79. The Labute approximate surface area is 113 Å². The minimum atomic E-state index is 0.348. The molecule has 1 heterocycles. The zero-order chi connectivity index (χ0) is 12.8. The Kier molecular flexibility index (Phi) is 4.79. The van der Waals surface area contributed by atoms with Gasteiger partial charge in [-0.3, -0.25) is 0 Å². The molecule has 96 valence electrons. The summed E-state index contributed by atoms with van der Waals surface area (Å²) in [5.41, 5.74) is 2.63. The van der Waals surface area contributed by atoms with Gasteiger partial charge in [0.2, 0.25) is 0 Å². The highest BCUT2D eigenvalue weighted by Gasteiger charge is 2.05. The Morgan fingerprint density at radius 3 is 2.61 bits per heavy atom. The normalized spacial score (nSPS) is 12.3. The fourth-order valence-electron chi connectivity index (χ4n) is 1.80. The second-order valence-electron chi connectivity index (χ2n) is 4.24. The predicted molar refractivity (Wildman–Crippen MR) is 77.2 cm³/mol. The molecule has 0 spiro atoms. The van der Waals surface area contributed by atoms with E-state index >= 15 is 0 Å². The molecule has 0 fully saturated rings. The van der Waals surface area contributed by atoms with Crippen molar-refractivity contribution in [1.29, 1.82) is 0 Å². The van der Waals surface area contributed by atoms with Crippen molar-refractivity contribution >= 4 is 11.3 Å². The molecule has 0 aliphatic heterocycles. The van der Waals surface area contributed by atoms with Gasteiger partial charge in [0.25, 0.3) is 0 Å². The third kappa shape index (κ3) is 3.59. The van der Waals surface area contributed by atoms with Crippen molar-refractivity contribution in [1.82, 2.24) is 5.32 Å². The maximum Gasteiger partial charge on any atom is 0.119 e. The van der Waals surface area contributed by atoms with Crippen LogP contribution in [0.15, 0.2) is 41.1 Å². The van der Waals surface area contributed by atoms with Crippen LogP contribution in [0.1, 0.15) is 31.0 Å². The summed E-state index contributed by atoms with van der Waals surface area (Å²) < 4.78 is 5.44. The number of hydrogen-bond acceptors (Lipinski definition) is 3. The van der Waals surface area contributed by atoms with Gasteiger partial charge in [0.15, 0.2) is 0 Å². The predicted octanol–water partition coefficient (Wildman–Crippen LogP) is 4.00. The molecule has 0 saturated heterocycles. The van der Waals surface area contributed by atoms with E-state index in [4.69, 9.17) is 4.74 Å². The van der Waals surface area contributed by atoms with E-state index in [0.717, 1.165) is 12.3 Å². The Morgan fingerprint density at radius 1 is 1.22 bits per heavy atom. The number of rotatable bonds is 6. The molecule has 18 heavy (non-hydrogen) atoms. The lowest BCUT2D eigenvalue weighted by Crippen LogP contribution is -2.17. The smallest absolute Gasteiger partial charge is 0.119 e. The fourth-order valence-corrected chi connectivity index (χ4v) is 2.47. The summed E-state index contributed by atoms with van der Waals surface area (Å²) in [5, 5.41) is 7.81. The van der Waals surface area contributed by atoms with Crippen molar-refractivity contribution in [3.05, 3.63) is 52.2 Å². The minimum absolute atomic E-state index is 0.348. The molecule has 3 heteroatoms. The quantitative estimate of drug-likeness (QED) is 0.848. The zero-order valence-corrected chi connectivity index (χ0v) is 11.7. The molecule has 0 aliphatic carbocycles. The van der Waals surface area contributed by atoms with Crippen LogP contribution in [0.2, 0.25) is 0 Å². The van der Waals surface area contributed by atoms with Gasteiger partial charge in [-0.05, 0) is 53.9 Å². The van der Waals surface area contributed by atoms with E-state index in [1.807, 2.05) is 19.1 Å². The van der Waals surface area contributed by atoms with E-state index in [9.17, 15) is 0 Å². The fraction of sp³-hybridized carbons (Fsp3) is 0.333. The van der Waals surface area contributed by atoms with Crippen molar-refractivity contribution in [2.45, 2.75) is 26.4 Å². The average Bonchev–Trinajstić information content (AvgIpc) is 2.90. The van der Waals surface area contributed by atoms with Crippen molar-refractivity contribution in [3.8, 4) is 5.75 Å². The molecular formula is C15H19NOS. The maximum absolute atomic E-state index is 5.44. The van der Waals surface area contributed by atoms with Crippen molar-refractivity contribution in [2.24, 2.45) is 0 Å². The third-order valence-corrected chi connectivity index (χ3v) is 3.62. The van der Waals surface area contributed by atoms with Gasteiger partial charge in [0.05, 0.1) is 6.61 Å². The lowest BCUT2D eigenvalue weighted by molar-refractivity contribution is 0.340. The Morgan fingerprint density at radius 2 is 2.00 bits per heavy atom. The molecule has 1 aromatic carbocycles. The number of ether oxygens (including phenoxy) is 1. The molecule has 0 amide bonds. The summed E-state index contributed by atoms with van der Waals surface area (Å²) in [6.07, 6.45) is 0. The standard InChI is InChI=1S/C15H19NOS/c1-3-17-15-6-4-14(5-7-15)12(2)16-10-13-8-9-18-11-13/h4-9,11-12,16H,3,10H2,1-2H3. The molecule has 1 atom stereocenters. The summed E-state index contributed by atoms with van der Waals surface area (Å²) in [4.78, 5) is 0. The highest BCUT2D eigenvalue weighted by Crippen LogP contribution is 2.18. The van der Waals surface area contributed by atoms with Crippen LogP contribution >= 0.6 is 11.3 Å². The van der Waals surface area contributed by atoms with E-state index in [-0.39, 0.29) is 0 Å². The van der Waals surface area contributed by atoms with Crippen molar-refractivity contribution < 1.29 is 4.74 Å². The molecule has 0 bridgehead atoms. The summed E-state index contributed by atoms with van der Waals surface area (Å²) in [5.74, 6) is 0.936. The number of hydrogen-bond donors (Lipinski definition) is 1. The lowest BCUT2D eigenvalue weighted by atomic mass is 10.1. The van der Waals surface area contributed by atoms with E-state index in [1.165, 1.54) is 11.1 Å². The molecule has 0 aliphatic rings. The largest absolute Gasteiger partial charge is 0.494 e. The second-order valence-corrected chi connectivity index (χ2v) is 5.02. The number of nitrogens with one attached hydrogen (secondary N) is 1. The van der Waals surface area contributed by atoms with Gasteiger partial charge >= 0.3 is 0 Å². The molecule has 2 aromatic rings. The van der Waals surface area contributed by atoms with Gasteiger partial charge in [-0.15, -0.1) is 0 Å². The molecule has 0 radical (unpaired) electrons. The summed E-state index contributed by atoms with van der Waals surface area (Å²) in [7, 11) is 0. The first-order valence-corrected chi connectivity index (χ1v) is 7.21. The average molecular weight is 261 g/mol. The second kappa shape index (κ2) is 6.57. The monoisotopic (exact) mass is 261 g/mol. The van der Waals surface area contributed by atoms with Gasteiger partial charge in [-0.1, -0.05) is 12.1 Å². The molecular weight excluding hydrogens is 242 g/mol. The van der Waals surface area contributed by atoms with Gasteiger partial charge in [0.1, 0.15) is 5.75 Å². The SMILES string of the molecule is CCOc1ccc(C(C)NCc2ccsc2)cc1. The van der Waals surface area contributed by atoms with Gasteiger partial charge in [0, 0.05) is 12.6 Å². The van der Waals surface area contributed by atoms with Crippen LogP contribution in [0.4, 0.5) is 0 Å². The Bertz CT molecular complexity index is 450. The lowest BCUT2D eigenvalue weighted by Gasteiger charge is -2.14. The molecule has 1 unspecified atom stereocenters. The van der Waals surface area contributed by atoms with Crippen LogP contribution in [0.5, 0.6) is 5.75 Å². The first kappa shape index (κ1) is 13.1. The van der Waals surface area contributed by atoms with Crippen LogP contribution in [0, 0.1) is 0 Å². The van der Waals surface area contributed by atoms with Gasteiger partial charge < -0.3 is 10.1 Å². The van der Waals surface area contributed by atoms with Crippen LogP contribution in [-0.2, 0) is 6.54 Å². The number of benzene rings is 1. The van der Waals surface area contributed by atoms with Crippen molar-refractivity contribution in [2.75, 3.05) is 6.61 Å². The molecule has 2 rings (SSSR count). The molecule has 1 N–H and O–H groups in total. The topological polar surface area (TPSA) is 21.3 Å². The van der Waals surface area contributed by atoms with Crippen LogP contribution < -0.4 is 10.1 Å². The zero-order valence-electron chi connectivity index (χ0n) is 10.8. The molecule has 1 aromatic heterocycles. The minimum Gasteiger partial charge on any atom is -0.494 e. The van der Waals surface area contributed by atoms with Crippen molar-refractivity contribution in [3.63, 3.8) is 0 Å². The maximum atomic E-state index is 5.44. The highest BCUT2D eigenvalue weighted by atomic mass is 32.1. The first-order valence-electron chi connectivity index (χ1n) is 6.27. The van der Waals surface area contributed by atoms with Crippen LogP contribution in [-0.4, -0.2) is 6.61 Å². The Balaban J connectivity index is 1.89. The third-order valence-electron chi connectivity index (χ3n) is 2.88. The van der Waals surface area contributed by atoms with E-state index in [0.29, 0.717) is 12.6 Å². The summed E-state index contributed by atoms with van der Waals surface area (Å²) >= 11 is 1.74. The van der Waals surface area contributed by atoms with E-state index < -0.39 is 0 Å². The summed E-state index contributed by atoms with van der Waals surface area (Å²) in [6, 6.07) is 10.8. The van der Waals surface area contributed by atoms with Gasteiger partial charge in [-0.25, -0.2) is 0 Å².